The molecule has 1 aliphatic rings. The minimum absolute atomic E-state index is 0.150. The van der Waals surface area contributed by atoms with Crippen LogP contribution in [0, 0.1) is 0 Å². The lowest BCUT2D eigenvalue weighted by Crippen LogP contribution is -2.28. The second kappa shape index (κ2) is 5.85. The van der Waals surface area contributed by atoms with Crippen LogP contribution >= 0.6 is 0 Å². The maximum atomic E-state index is 12.1. The molecule has 2 rings (SSSR count). The molecule has 0 aromatic heterocycles. The Bertz CT molecular complexity index is 323. The van der Waals surface area contributed by atoms with E-state index in [4.69, 9.17) is 4.74 Å². The predicted octanol–water partition coefficient (Wildman–Crippen LogP) is 2.50. The number of rotatable bonds is 4. The number of benzene rings is 1. The van der Waals surface area contributed by atoms with Crippen molar-refractivity contribution in [2.75, 3.05) is 26.4 Å². The van der Waals surface area contributed by atoms with Gasteiger partial charge in [-0.05, 0) is 31.0 Å². The Morgan fingerprint density at radius 1 is 1.38 bits per heavy atom. The summed E-state index contributed by atoms with van der Waals surface area (Å²) in [5.41, 5.74) is 1.21. The number of hydrogen-bond acceptors (Lipinski definition) is 2. The molecule has 0 amide bonds. The second-order valence-electron chi connectivity index (χ2n) is 4.12. The molecular weight excluding hydrogens is 205 g/mol. The van der Waals surface area contributed by atoms with Crippen molar-refractivity contribution in [3.8, 4) is 5.75 Å². The molecule has 1 atom stereocenters. The molecule has 16 heavy (non-hydrogen) atoms. The van der Waals surface area contributed by atoms with Gasteiger partial charge < -0.3 is 10.1 Å². The third-order valence-corrected chi connectivity index (χ3v) is 2.99. The number of nitrogens with one attached hydrogen (secondary N) is 1. The molecule has 2 nitrogen and oxygen atoms in total. The van der Waals surface area contributed by atoms with Gasteiger partial charge in [0.1, 0.15) is 19.0 Å². The molecule has 1 aromatic rings. The van der Waals surface area contributed by atoms with Gasteiger partial charge in [-0.1, -0.05) is 18.2 Å². The zero-order valence-electron chi connectivity index (χ0n) is 9.42. The van der Waals surface area contributed by atoms with E-state index in [1.54, 1.807) is 0 Å². The summed E-state index contributed by atoms with van der Waals surface area (Å²) in [6, 6.07) is 7.98. The number of hydrogen-bond donors (Lipinski definition) is 1. The second-order valence-corrected chi connectivity index (χ2v) is 4.12. The Morgan fingerprint density at radius 2 is 2.25 bits per heavy atom. The third kappa shape index (κ3) is 2.73. The van der Waals surface area contributed by atoms with Crippen LogP contribution in [0.2, 0.25) is 0 Å². The summed E-state index contributed by atoms with van der Waals surface area (Å²) in [7, 11) is 0. The lowest BCUT2D eigenvalue weighted by molar-refractivity contribution is 0.268. The quantitative estimate of drug-likeness (QED) is 0.846. The fourth-order valence-electron chi connectivity index (χ4n) is 2.22. The van der Waals surface area contributed by atoms with Crippen molar-refractivity contribution in [3.63, 3.8) is 0 Å². The Balaban J connectivity index is 2.11. The Hall–Kier alpha value is -1.09. The summed E-state index contributed by atoms with van der Waals surface area (Å²) in [5, 5.41) is 3.39. The molecule has 1 unspecified atom stereocenters. The number of alkyl halides is 1. The molecule has 1 heterocycles. The van der Waals surface area contributed by atoms with Gasteiger partial charge in [0.25, 0.3) is 0 Å². The summed E-state index contributed by atoms with van der Waals surface area (Å²) in [6.07, 6.45) is 2.38. The smallest absolute Gasteiger partial charge is 0.123 e. The molecule has 1 saturated heterocycles. The fourth-order valence-corrected chi connectivity index (χ4v) is 2.22. The maximum absolute atomic E-state index is 12.1. The summed E-state index contributed by atoms with van der Waals surface area (Å²) in [5.74, 6) is 1.35. The van der Waals surface area contributed by atoms with Crippen LogP contribution in [0.3, 0.4) is 0 Å². The first-order valence-electron chi connectivity index (χ1n) is 5.90. The summed E-state index contributed by atoms with van der Waals surface area (Å²) in [6.45, 7) is 1.81. The third-order valence-electron chi connectivity index (χ3n) is 2.99. The number of ether oxygens (including phenoxy) is 1. The van der Waals surface area contributed by atoms with Gasteiger partial charge >= 0.3 is 0 Å². The van der Waals surface area contributed by atoms with Crippen LogP contribution in [0.15, 0.2) is 24.3 Å². The van der Waals surface area contributed by atoms with Crippen molar-refractivity contribution in [1.29, 1.82) is 0 Å². The first kappa shape index (κ1) is 11.4. The fraction of sp³-hybridized carbons (Fsp3) is 0.538. The van der Waals surface area contributed by atoms with E-state index in [1.165, 1.54) is 18.4 Å². The lowest BCUT2D eigenvalue weighted by Gasteiger charge is -2.24. The largest absolute Gasteiger partial charge is 0.491 e. The van der Waals surface area contributed by atoms with Crippen molar-refractivity contribution < 1.29 is 9.13 Å². The van der Waals surface area contributed by atoms with E-state index >= 15 is 0 Å². The van der Waals surface area contributed by atoms with Crippen molar-refractivity contribution in [2.24, 2.45) is 0 Å². The van der Waals surface area contributed by atoms with E-state index in [1.807, 2.05) is 18.2 Å². The minimum atomic E-state index is -0.433. The molecule has 1 fully saturated rings. The predicted molar refractivity (Wildman–Crippen MR) is 62.8 cm³/mol. The molecule has 3 heteroatoms. The molecule has 88 valence electrons. The molecule has 1 aromatic carbocycles. The highest BCUT2D eigenvalue weighted by Gasteiger charge is 2.18. The average Bonchev–Trinajstić information content (AvgIpc) is 2.38. The highest BCUT2D eigenvalue weighted by molar-refractivity contribution is 5.36. The molecule has 1 N–H and O–H groups in total. The first-order valence-corrected chi connectivity index (χ1v) is 5.90. The average molecular weight is 223 g/mol. The number of para-hydroxylation sites is 1. The Kier molecular flexibility index (Phi) is 4.17. The lowest BCUT2D eigenvalue weighted by atomic mass is 9.91. The molecule has 0 radical (unpaired) electrons. The van der Waals surface area contributed by atoms with Crippen molar-refractivity contribution in [2.45, 2.75) is 18.8 Å². The van der Waals surface area contributed by atoms with E-state index in [0.717, 1.165) is 18.8 Å². The van der Waals surface area contributed by atoms with E-state index in [-0.39, 0.29) is 6.61 Å². The van der Waals surface area contributed by atoms with Gasteiger partial charge in [-0.25, -0.2) is 4.39 Å². The first-order chi connectivity index (χ1) is 7.92. The zero-order valence-corrected chi connectivity index (χ0v) is 9.42. The van der Waals surface area contributed by atoms with Crippen molar-refractivity contribution in [1.82, 2.24) is 5.32 Å². The SMILES string of the molecule is FCCOc1ccccc1C1CCCNC1. The van der Waals surface area contributed by atoms with Crippen LogP contribution in [0.4, 0.5) is 4.39 Å². The van der Waals surface area contributed by atoms with Gasteiger partial charge in [0, 0.05) is 12.5 Å². The van der Waals surface area contributed by atoms with Gasteiger partial charge in [-0.2, -0.15) is 0 Å². The highest BCUT2D eigenvalue weighted by Crippen LogP contribution is 2.30. The summed E-state index contributed by atoms with van der Waals surface area (Å²) < 4.78 is 17.6. The Labute approximate surface area is 95.8 Å². The minimum Gasteiger partial charge on any atom is -0.491 e. The van der Waals surface area contributed by atoms with Gasteiger partial charge in [-0.3, -0.25) is 0 Å². The molecule has 0 aliphatic carbocycles. The standard InChI is InChI=1S/C13H18FNO/c14-7-9-16-13-6-2-1-5-12(13)11-4-3-8-15-10-11/h1-2,5-6,11,15H,3-4,7-10H2. The van der Waals surface area contributed by atoms with E-state index in [0.29, 0.717) is 5.92 Å². The normalized spacial score (nSPS) is 20.7. The molecule has 0 saturated carbocycles. The van der Waals surface area contributed by atoms with E-state index in [2.05, 4.69) is 11.4 Å². The molecule has 0 spiro atoms. The number of piperidine rings is 1. The van der Waals surface area contributed by atoms with Crippen LogP contribution in [0.25, 0.3) is 0 Å². The van der Waals surface area contributed by atoms with Crippen LogP contribution < -0.4 is 10.1 Å². The van der Waals surface area contributed by atoms with Gasteiger partial charge in [0.2, 0.25) is 0 Å². The number of halogens is 1. The van der Waals surface area contributed by atoms with Crippen LogP contribution in [0.5, 0.6) is 5.75 Å². The van der Waals surface area contributed by atoms with Crippen LogP contribution in [-0.2, 0) is 0 Å². The summed E-state index contributed by atoms with van der Waals surface area (Å²) in [4.78, 5) is 0. The van der Waals surface area contributed by atoms with Gasteiger partial charge in [0.15, 0.2) is 0 Å². The van der Waals surface area contributed by atoms with Gasteiger partial charge in [0.05, 0.1) is 0 Å². The monoisotopic (exact) mass is 223 g/mol. The van der Waals surface area contributed by atoms with E-state index < -0.39 is 6.67 Å². The van der Waals surface area contributed by atoms with Crippen LogP contribution in [0.1, 0.15) is 24.3 Å². The van der Waals surface area contributed by atoms with E-state index in [9.17, 15) is 4.39 Å². The van der Waals surface area contributed by atoms with Crippen LogP contribution in [-0.4, -0.2) is 26.4 Å². The van der Waals surface area contributed by atoms with Crippen molar-refractivity contribution in [3.05, 3.63) is 29.8 Å². The van der Waals surface area contributed by atoms with Crippen molar-refractivity contribution >= 4 is 0 Å². The molecule has 0 bridgehead atoms. The molecule has 1 aliphatic heterocycles. The molecular formula is C13H18FNO. The maximum Gasteiger partial charge on any atom is 0.123 e. The van der Waals surface area contributed by atoms with Gasteiger partial charge in [-0.15, -0.1) is 0 Å². The zero-order chi connectivity index (χ0) is 11.2. The summed E-state index contributed by atoms with van der Waals surface area (Å²) >= 11 is 0. The Morgan fingerprint density at radius 3 is 3.00 bits per heavy atom. The topological polar surface area (TPSA) is 21.3 Å². The highest BCUT2D eigenvalue weighted by atomic mass is 19.1.